The maximum Gasteiger partial charge on any atom is 0.0946 e. The first-order chi connectivity index (χ1) is 10.2. The largest absolute Gasteiger partial charge is 0.381 e. The monoisotopic (exact) mass is 325 g/mol. The highest BCUT2D eigenvalue weighted by atomic mass is 35.5. The normalized spacial score (nSPS) is 12.1. The number of hydrogen-bond donors (Lipinski definition) is 1. The molecule has 112 valence electrons. The second kappa shape index (κ2) is 8.08. The van der Waals surface area contributed by atoms with E-state index in [4.69, 9.17) is 27.9 Å². The molecule has 0 aliphatic carbocycles. The van der Waals surface area contributed by atoms with E-state index >= 15 is 0 Å². The molecule has 1 N–H and O–H groups in total. The van der Waals surface area contributed by atoms with E-state index in [-0.39, 0.29) is 6.10 Å². The van der Waals surface area contributed by atoms with Crippen LogP contribution in [0.3, 0.4) is 0 Å². The van der Waals surface area contributed by atoms with Gasteiger partial charge in [0.1, 0.15) is 0 Å². The van der Waals surface area contributed by atoms with Gasteiger partial charge in [-0.1, -0.05) is 29.3 Å². The average molecular weight is 326 g/mol. The fourth-order valence-electron chi connectivity index (χ4n) is 1.87. The van der Waals surface area contributed by atoms with Crippen molar-refractivity contribution in [2.24, 2.45) is 0 Å². The number of halogens is 2. The quantitative estimate of drug-likeness (QED) is 0.749. The smallest absolute Gasteiger partial charge is 0.0946 e. The lowest BCUT2D eigenvalue weighted by atomic mass is 10.3. The first kappa shape index (κ1) is 15.9. The van der Waals surface area contributed by atoms with Crippen molar-refractivity contribution in [2.45, 2.75) is 12.6 Å². The third kappa shape index (κ3) is 5.08. The fraction of sp³-hybridized carbons (Fsp3) is 0.267. The van der Waals surface area contributed by atoms with E-state index < -0.39 is 0 Å². The molecule has 6 heteroatoms. The summed E-state index contributed by atoms with van der Waals surface area (Å²) in [5.74, 6) is 0. The van der Waals surface area contributed by atoms with Gasteiger partial charge >= 0.3 is 0 Å². The van der Waals surface area contributed by atoms with E-state index in [1.165, 1.54) is 0 Å². The number of ether oxygens (including phenoxy) is 1. The Bertz CT molecular complexity index is 572. The lowest BCUT2D eigenvalue weighted by Crippen LogP contribution is -2.28. The second-order valence-corrected chi connectivity index (χ2v) is 5.35. The molecule has 0 bridgehead atoms. The van der Waals surface area contributed by atoms with Crippen molar-refractivity contribution in [2.75, 3.05) is 18.5 Å². The third-order valence-electron chi connectivity index (χ3n) is 2.87. The van der Waals surface area contributed by atoms with Gasteiger partial charge in [0.05, 0.1) is 36.3 Å². The summed E-state index contributed by atoms with van der Waals surface area (Å²) in [5, 5.41) is 4.48. The standard InChI is InChI=1S/C15H17Cl2N3O/c1-2-7-21-13(10-20-6-5-18-11-20)9-19-15-4-3-12(16)8-14(15)17/h2-6,8,11,13,19H,1,7,9-10H2. The van der Waals surface area contributed by atoms with E-state index in [1.807, 2.05) is 16.8 Å². The van der Waals surface area contributed by atoms with Crippen molar-refractivity contribution in [1.82, 2.24) is 9.55 Å². The molecule has 0 saturated carbocycles. The number of nitrogens with one attached hydrogen (secondary N) is 1. The summed E-state index contributed by atoms with van der Waals surface area (Å²) in [4.78, 5) is 4.03. The maximum absolute atomic E-state index is 6.14. The number of anilines is 1. The summed E-state index contributed by atoms with van der Waals surface area (Å²) in [5.41, 5.74) is 0.832. The van der Waals surface area contributed by atoms with Crippen molar-refractivity contribution in [3.05, 3.63) is 59.6 Å². The molecule has 0 spiro atoms. The topological polar surface area (TPSA) is 39.1 Å². The van der Waals surface area contributed by atoms with Crippen LogP contribution < -0.4 is 5.32 Å². The van der Waals surface area contributed by atoms with Gasteiger partial charge in [0, 0.05) is 24.0 Å². The fourth-order valence-corrected chi connectivity index (χ4v) is 2.34. The van der Waals surface area contributed by atoms with Crippen molar-refractivity contribution in [1.29, 1.82) is 0 Å². The molecule has 0 aliphatic rings. The van der Waals surface area contributed by atoms with Crippen molar-refractivity contribution in [3.63, 3.8) is 0 Å². The minimum absolute atomic E-state index is 0.0241. The van der Waals surface area contributed by atoms with E-state index in [0.29, 0.717) is 29.7 Å². The van der Waals surface area contributed by atoms with Crippen LogP contribution in [0.5, 0.6) is 0 Å². The molecule has 2 rings (SSSR count). The molecule has 0 fully saturated rings. The highest BCUT2D eigenvalue weighted by Crippen LogP contribution is 2.25. The summed E-state index contributed by atoms with van der Waals surface area (Å²) >= 11 is 12.0. The van der Waals surface area contributed by atoms with Crippen LogP contribution >= 0.6 is 23.2 Å². The van der Waals surface area contributed by atoms with Gasteiger partial charge in [0.25, 0.3) is 0 Å². The predicted octanol–water partition coefficient (Wildman–Crippen LogP) is 3.87. The van der Waals surface area contributed by atoms with Crippen LogP contribution in [0.4, 0.5) is 5.69 Å². The third-order valence-corrected chi connectivity index (χ3v) is 3.42. The Morgan fingerprint density at radius 1 is 1.43 bits per heavy atom. The average Bonchev–Trinajstić information content (AvgIpc) is 2.96. The summed E-state index contributed by atoms with van der Waals surface area (Å²) in [6.07, 6.45) is 7.12. The van der Waals surface area contributed by atoms with Gasteiger partial charge in [-0.05, 0) is 18.2 Å². The van der Waals surface area contributed by atoms with Crippen molar-refractivity contribution < 1.29 is 4.74 Å². The highest BCUT2D eigenvalue weighted by Gasteiger charge is 2.10. The lowest BCUT2D eigenvalue weighted by Gasteiger charge is -2.19. The molecule has 21 heavy (non-hydrogen) atoms. The molecular weight excluding hydrogens is 309 g/mol. The Hall–Kier alpha value is -1.49. The van der Waals surface area contributed by atoms with Gasteiger partial charge in [-0.3, -0.25) is 0 Å². The van der Waals surface area contributed by atoms with Crippen molar-refractivity contribution >= 4 is 28.9 Å². The van der Waals surface area contributed by atoms with Crippen LogP contribution in [0.25, 0.3) is 0 Å². The molecule has 0 saturated heterocycles. The lowest BCUT2D eigenvalue weighted by molar-refractivity contribution is 0.0707. The van der Waals surface area contributed by atoms with Crippen LogP contribution in [-0.4, -0.2) is 28.8 Å². The number of hydrogen-bond acceptors (Lipinski definition) is 3. The Morgan fingerprint density at radius 2 is 2.29 bits per heavy atom. The van der Waals surface area contributed by atoms with Gasteiger partial charge in [0.15, 0.2) is 0 Å². The highest BCUT2D eigenvalue weighted by molar-refractivity contribution is 6.36. The SMILES string of the molecule is C=CCOC(CNc1ccc(Cl)cc1Cl)Cn1ccnc1. The van der Waals surface area contributed by atoms with Crippen LogP contribution in [0, 0.1) is 0 Å². The summed E-state index contributed by atoms with van der Waals surface area (Å²) in [6, 6.07) is 5.36. The molecule has 2 aromatic rings. The number of rotatable bonds is 8. The van der Waals surface area contributed by atoms with E-state index in [2.05, 4.69) is 16.9 Å². The number of imidazole rings is 1. The molecule has 1 aromatic carbocycles. The minimum atomic E-state index is -0.0241. The molecule has 0 radical (unpaired) electrons. The van der Waals surface area contributed by atoms with Gasteiger partial charge < -0.3 is 14.6 Å². The Kier molecular flexibility index (Phi) is 6.11. The van der Waals surface area contributed by atoms with Crippen LogP contribution in [0.2, 0.25) is 10.0 Å². The van der Waals surface area contributed by atoms with Crippen LogP contribution in [0.1, 0.15) is 0 Å². The molecule has 1 aromatic heterocycles. The molecule has 1 atom stereocenters. The number of benzene rings is 1. The molecule has 1 unspecified atom stereocenters. The minimum Gasteiger partial charge on any atom is -0.381 e. The molecule has 0 amide bonds. The zero-order chi connectivity index (χ0) is 15.1. The van der Waals surface area contributed by atoms with Gasteiger partial charge in [-0.15, -0.1) is 6.58 Å². The van der Waals surface area contributed by atoms with E-state index in [9.17, 15) is 0 Å². The molecular formula is C15H17Cl2N3O. The molecule has 1 heterocycles. The Balaban J connectivity index is 1.95. The first-order valence-electron chi connectivity index (χ1n) is 6.56. The summed E-state index contributed by atoms with van der Waals surface area (Å²) < 4.78 is 7.72. The first-order valence-corrected chi connectivity index (χ1v) is 7.32. The van der Waals surface area contributed by atoms with Gasteiger partial charge in [-0.25, -0.2) is 4.98 Å². The van der Waals surface area contributed by atoms with E-state index in [1.54, 1.807) is 30.7 Å². The molecule has 4 nitrogen and oxygen atoms in total. The van der Waals surface area contributed by atoms with E-state index in [0.717, 1.165) is 5.69 Å². The van der Waals surface area contributed by atoms with Gasteiger partial charge in [0.2, 0.25) is 0 Å². The molecule has 0 aliphatic heterocycles. The zero-order valence-corrected chi connectivity index (χ0v) is 13.0. The van der Waals surface area contributed by atoms with Crippen LogP contribution in [-0.2, 0) is 11.3 Å². The van der Waals surface area contributed by atoms with Crippen molar-refractivity contribution in [3.8, 4) is 0 Å². The summed E-state index contributed by atoms with van der Waals surface area (Å²) in [6.45, 7) is 5.49. The summed E-state index contributed by atoms with van der Waals surface area (Å²) in [7, 11) is 0. The van der Waals surface area contributed by atoms with Gasteiger partial charge in [-0.2, -0.15) is 0 Å². The second-order valence-electron chi connectivity index (χ2n) is 4.51. The predicted molar refractivity (Wildman–Crippen MR) is 87.1 cm³/mol. The Labute approximate surface area is 134 Å². The Morgan fingerprint density at radius 3 is 2.95 bits per heavy atom. The number of nitrogens with zero attached hydrogens (tertiary/aromatic N) is 2. The zero-order valence-electron chi connectivity index (χ0n) is 11.5. The number of aromatic nitrogens is 2. The maximum atomic E-state index is 6.14. The van der Waals surface area contributed by atoms with Crippen LogP contribution in [0.15, 0.2) is 49.6 Å².